The minimum absolute atomic E-state index is 0.153. The summed E-state index contributed by atoms with van der Waals surface area (Å²) in [7, 11) is 0. The van der Waals surface area contributed by atoms with E-state index < -0.39 is 0 Å². The molecule has 1 unspecified atom stereocenters. The van der Waals surface area contributed by atoms with E-state index in [2.05, 4.69) is 12.2 Å². The van der Waals surface area contributed by atoms with E-state index in [-0.39, 0.29) is 17.4 Å². The Kier molecular flexibility index (Phi) is 4.25. The lowest BCUT2D eigenvalue weighted by Crippen LogP contribution is -2.46. The zero-order valence-corrected chi connectivity index (χ0v) is 12.0. The molecule has 1 atom stereocenters. The van der Waals surface area contributed by atoms with Crippen LogP contribution in [0.25, 0.3) is 0 Å². The molecule has 1 fully saturated rings. The summed E-state index contributed by atoms with van der Waals surface area (Å²) in [6.45, 7) is 7.00. The maximum absolute atomic E-state index is 12.6. The van der Waals surface area contributed by atoms with Gasteiger partial charge in [0.2, 0.25) is 0 Å². The summed E-state index contributed by atoms with van der Waals surface area (Å²) in [5.41, 5.74) is 0.424. The van der Waals surface area contributed by atoms with Crippen LogP contribution in [0.3, 0.4) is 0 Å². The molecule has 19 heavy (non-hydrogen) atoms. The Balaban J connectivity index is 2.15. The molecule has 1 N–H and O–H groups in total. The summed E-state index contributed by atoms with van der Waals surface area (Å²) < 4.78 is 5.60. The van der Waals surface area contributed by atoms with Gasteiger partial charge in [0.05, 0.1) is 11.6 Å². The molecule has 0 amide bonds. The van der Waals surface area contributed by atoms with Gasteiger partial charge in [0, 0.05) is 5.56 Å². The van der Waals surface area contributed by atoms with Crippen LogP contribution in [0.5, 0.6) is 5.75 Å². The zero-order valence-electron chi connectivity index (χ0n) is 12.0. The molecule has 0 radical (unpaired) electrons. The number of Topliss-reactive ketones (excluding diaryl/α,β-unsaturated/α-hetero) is 1. The molecular weight excluding hydrogens is 238 g/mol. The molecule has 1 aromatic carbocycles. The normalized spacial score (nSPS) is 22.7. The monoisotopic (exact) mass is 261 g/mol. The first kappa shape index (κ1) is 14.1. The van der Waals surface area contributed by atoms with Crippen LogP contribution in [0.15, 0.2) is 24.3 Å². The molecule has 1 aliphatic heterocycles. The van der Waals surface area contributed by atoms with Crippen molar-refractivity contribution in [2.24, 2.45) is 0 Å². The zero-order chi connectivity index (χ0) is 13.9. The standard InChI is InChI=1S/C16H23NO2/c1-4-16(10-5-11-17-16)15(18)13-6-8-14(9-7-13)19-12(2)3/h6-9,12,17H,4-5,10-11H2,1-3H3. The topological polar surface area (TPSA) is 38.3 Å². The van der Waals surface area contributed by atoms with E-state index in [1.54, 1.807) is 0 Å². The molecule has 2 rings (SSSR count). The predicted molar refractivity (Wildman–Crippen MR) is 76.8 cm³/mol. The van der Waals surface area contributed by atoms with E-state index >= 15 is 0 Å². The molecule has 0 aliphatic carbocycles. The van der Waals surface area contributed by atoms with Crippen LogP contribution >= 0.6 is 0 Å². The van der Waals surface area contributed by atoms with Gasteiger partial charge < -0.3 is 10.1 Å². The van der Waals surface area contributed by atoms with Crippen LogP contribution in [0.2, 0.25) is 0 Å². The van der Waals surface area contributed by atoms with E-state index in [1.165, 1.54) is 0 Å². The highest BCUT2D eigenvalue weighted by Crippen LogP contribution is 2.28. The Labute approximate surface area is 115 Å². The molecule has 104 valence electrons. The number of ketones is 1. The van der Waals surface area contributed by atoms with E-state index in [9.17, 15) is 4.79 Å². The maximum atomic E-state index is 12.6. The first-order chi connectivity index (χ1) is 9.07. The summed E-state index contributed by atoms with van der Waals surface area (Å²) in [6.07, 6.45) is 3.01. The van der Waals surface area contributed by atoms with Gasteiger partial charge in [-0.3, -0.25) is 4.79 Å². The summed E-state index contributed by atoms with van der Waals surface area (Å²) in [4.78, 5) is 12.6. The smallest absolute Gasteiger partial charge is 0.182 e. The van der Waals surface area contributed by atoms with Crippen molar-refractivity contribution in [3.63, 3.8) is 0 Å². The van der Waals surface area contributed by atoms with Crippen molar-refractivity contribution >= 4 is 5.78 Å². The molecule has 0 saturated carbocycles. The van der Waals surface area contributed by atoms with Gasteiger partial charge in [-0.25, -0.2) is 0 Å². The predicted octanol–water partition coefficient (Wildman–Crippen LogP) is 3.19. The second kappa shape index (κ2) is 5.74. The van der Waals surface area contributed by atoms with Gasteiger partial charge in [-0.2, -0.15) is 0 Å². The minimum atomic E-state index is -0.347. The van der Waals surface area contributed by atoms with Gasteiger partial charge >= 0.3 is 0 Å². The first-order valence-corrected chi connectivity index (χ1v) is 7.14. The van der Waals surface area contributed by atoms with Crippen LogP contribution in [-0.2, 0) is 0 Å². The molecule has 1 saturated heterocycles. The number of rotatable bonds is 5. The fourth-order valence-electron chi connectivity index (χ4n) is 2.70. The lowest BCUT2D eigenvalue weighted by molar-refractivity contribution is 0.0864. The Hall–Kier alpha value is -1.35. The number of hydrogen-bond donors (Lipinski definition) is 1. The third-order valence-electron chi connectivity index (χ3n) is 3.77. The number of ether oxygens (including phenoxy) is 1. The minimum Gasteiger partial charge on any atom is -0.491 e. The van der Waals surface area contributed by atoms with Gasteiger partial charge in [0.15, 0.2) is 5.78 Å². The van der Waals surface area contributed by atoms with E-state index in [4.69, 9.17) is 4.74 Å². The molecule has 1 heterocycles. The van der Waals surface area contributed by atoms with Gasteiger partial charge in [0.25, 0.3) is 0 Å². The average Bonchev–Trinajstić information content (AvgIpc) is 2.88. The highest BCUT2D eigenvalue weighted by atomic mass is 16.5. The van der Waals surface area contributed by atoms with Gasteiger partial charge in [0.1, 0.15) is 5.75 Å². The van der Waals surface area contributed by atoms with Crippen LogP contribution < -0.4 is 10.1 Å². The van der Waals surface area contributed by atoms with Gasteiger partial charge in [-0.1, -0.05) is 6.92 Å². The van der Waals surface area contributed by atoms with Gasteiger partial charge in [-0.05, 0) is 63.9 Å². The molecule has 3 nitrogen and oxygen atoms in total. The average molecular weight is 261 g/mol. The van der Waals surface area contributed by atoms with Crippen LogP contribution in [-0.4, -0.2) is 24.0 Å². The van der Waals surface area contributed by atoms with Gasteiger partial charge in [-0.15, -0.1) is 0 Å². The molecule has 0 spiro atoms. The first-order valence-electron chi connectivity index (χ1n) is 7.14. The Morgan fingerprint density at radius 2 is 2.05 bits per heavy atom. The summed E-state index contributed by atoms with van der Waals surface area (Å²) in [5, 5.41) is 3.38. The highest BCUT2D eigenvalue weighted by Gasteiger charge is 2.39. The lowest BCUT2D eigenvalue weighted by atomic mass is 9.85. The fourth-order valence-corrected chi connectivity index (χ4v) is 2.70. The molecular formula is C16H23NO2. The van der Waals surface area contributed by atoms with Crippen LogP contribution in [0, 0.1) is 0 Å². The van der Waals surface area contributed by atoms with E-state index in [1.807, 2.05) is 38.1 Å². The van der Waals surface area contributed by atoms with E-state index in [0.717, 1.165) is 37.1 Å². The maximum Gasteiger partial charge on any atom is 0.182 e. The van der Waals surface area contributed by atoms with Crippen molar-refractivity contribution in [2.45, 2.75) is 51.7 Å². The molecule has 0 bridgehead atoms. The number of benzene rings is 1. The summed E-state index contributed by atoms with van der Waals surface area (Å²) >= 11 is 0. The van der Waals surface area contributed by atoms with Crippen molar-refractivity contribution < 1.29 is 9.53 Å². The third-order valence-corrected chi connectivity index (χ3v) is 3.77. The fraction of sp³-hybridized carbons (Fsp3) is 0.562. The summed E-state index contributed by atoms with van der Waals surface area (Å²) in [5.74, 6) is 1.03. The second-order valence-corrected chi connectivity index (χ2v) is 5.49. The quantitative estimate of drug-likeness (QED) is 0.827. The SMILES string of the molecule is CCC1(C(=O)c2ccc(OC(C)C)cc2)CCCN1. The summed E-state index contributed by atoms with van der Waals surface area (Å²) in [6, 6.07) is 7.51. The largest absolute Gasteiger partial charge is 0.491 e. The van der Waals surface area contributed by atoms with Crippen molar-refractivity contribution in [3.8, 4) is 5.75 Å². The second-order valence-electron chi connectivity index (χ2n) is 5.49. The van der Waals surface area contributed by atoms with Crippen LogP contribution in [0.4, 0.5) is 0 Å². The number of carbonyl (C=O) groups excluding carboxylic acids is 1. The highest BCUT2D eigenvalue weighted by molar-refractivity contribution is 6.03. The van der Waals surface area contributed by atoms with E-state index in [0.29, 0.717) is 0 Å². The Bertz CT molecular complexity index is 431. The molecule has 3 heteroatoms. The lowest BCUT2D eigenvalue weighted by Gasteiger charge is -2.26. The van der Waals surface area contributed by atoms with Crippen molar-refractivity contribution in [3.05, 3.63) is 29.8 Å². The Morgan fingerprint density at radius 1 is 1.37 bits per heavy atom. The number of hydrogen-bond acceptors (Lipinski definition) is 3. The van der Waals surface area contributed by atoms with Crippen LogP contribution in [0.1, 0.15) is 50.4 Å². The van der Waals surface area contributed by atoms with Crippen molar-refractivity contribution in [1.82, 2.24) is 5.32 Å². The molecule has 0 aromatic heterocycles. The number of carbonyl (C=O) groups is 1. The third kappa shape index (κ3) is 2.98. The Morgan fingerprint density at radius 3 is 2.53 bits per heavy atom. The number of nitrogens with one attached hydrogen (secondary N) is 1. The molecule has 1 aliphatic rings. The van der Waals surface area contributed by atoms with Crippen molar-refractivity contribution in [2.75, 3.05) is 6.54 Å². The van der Waals surface area contributed by atoms with Crippen molar-refractivity contribution in [1.29, 1.82) is 0 Å². The molecule has 1 aromatic rings.